The second-order valence-electron chi connectivity index (χ2n) is 4.55. The van der Waals surface area contributed by atoms with Gasteiger partial charge in [-0.1, -0.05) is 62.4 Å². The van der Waals surface area contributed by atoms with Crippen molar-refractivity contribution in [2.75, 3.05) is 0 Å². The molecule has 15 heavy (non-hydrogen) atoms. The molecule has 2 rings (SSSR count). The van der Waals surface area contributed by atoms with Gasteiger partial charge in [-0.2, -0.15) is 0 Å². The molecule has 1 aromatic carbocycles. The van der Waals surface area contributed by atoms with Gasteiger partial charge in [0.2, 0.25) is 0 Å². The molecule has 0 aliphatic heterocycles. The monoisotopic (exact) mass is 198 g/mol. The summed E-state index contributed by atoms with van der Waals surface area (Å²) in [5, 5.41) is 0. The zero-order chi connectivity index (χ0) is 10.7. The fourth-order valence-electron chi connectivity index (χ4n) is 2.03. The molecule has 0 saturated heterocycles. The van der Waals surface area contributed by atoms with Crippen LogP contribution in [0.2, 0.25) is 0 Å². The van der Waals surface area contributed by atoms with Gasteiger partial charge in [0.15, 0.2) is 0 Å². The van der Waals surface area contributed by atoms with E-state index in [2.05, 4.69) is 62.4 Å². The SMILES string of the molecule is CC(C)C1C=CC=C(c2ccccc2)C1. The Kier molecular flexibility index (Phi) is 3.05. The molecular weight excluding hydrogens is 180 g/mol. The van der Waals surface area contributed by atoms with Gasteiger partial charge in [-0.05, 0) is 29.4 Å². The van der Waals surface area contributed by atoms with Crippen molar-refractivity contribution in [3.05, 3.63) is 54.1 Å². The third-order valence-corrected chi connectivity index (χ3v) is 3.11. The standard InChI is InChI=1S/C15H18/c1-12(2)14-9-6-10-15(11-14)13-7-4-3-5-8-13/h3-10,12,14H,11H2,1-2H3. The van der Waals surface area contributed by atoms with Crippen molar-refractivity contribution < 1.29 is 0 Å². The highest BCUT2D eigenvalue weighted by molar-refractivity contribution is 5.68. The number of hydrogen-bond donors (Lipinski definition) is 0. The zero-order valence-corrected chi connectivity index (χ0v) is 9.48. The maximum Gasteiger partial charge on any atom is -0.0167 e. The number of allylic oxidation sites excluding steroid dienone is 4. The largest absolute Gasteiger partial charge is 0.0808 e. The normalized spacial score (nSPS) is 20.5. The molecule has 0 nitrogen and oxygen atoms in total. The summed E-state index contributed by atoms with van der Waals surface area (Å²) in [4.78, 5) is 0. The lowest BCUT2D eigenvalue weighted by Gasteiger charge is -2.21. The van der Waals surface area contributed by atoms with Crippen LogP contribution in [-0.4, -0.2) is 0 Å². The highest BCUT2D eigenvalue weighted by atomic mass is 14.2. The first-order valence-electron chi connectivity index (χ1n) is 5.70. The highest BCUT2D eigenvalue weighted by Gasteiger charge is 2.15. The average Bonchev–Trinajstić information content (AvgIpc) is 2.30. The molecule has 0 amide bonds. The molecule has 1 aromatic rings. The maximum absolute atomic E-state index is 2.33. The number of hydrogen-bond acceptors (Lipinski definition) is 0. The highest BCUT2D eigenvalue weighted by Crippen LogP contribution is 2.30. The van der Waals surface area contributed by atoms with E-state index in [4.69, 9.17) is 0 Å². The lowest BCUT2D eigenvalue weighted by Crippen LogP contribution is -2.08. The third-order valence-electron chi connectivity index (χ3n) is 3.11. The molecular formula is C15H18. The summed E-state index contributed by atoms with van der Waals surface area (Å²) in [7, 11) is 0. The Morgan fingerprint density at radius 2 is 1.87 bits per heavy atom. The van der Waals surface area contributed by atoms with E-state index in [1.807, 2.05) is 0 Å². The van der Waals surface area contributed by atoms with Gasteiger partial charge in [-0.3, -0.25) is 0 Å². The second kappa shape index (κ2) is 4.48. The summed E-state index contributed by atoms with van der Waals surface area (Å²) < 4.78 is 0. The van der Waals surface area contributed by atoms with E-state index in [9.17, 15) is 0 Å². The van der Waals surface area contributed by atoms with Crippen molar-refractivity contribution in [3.8, 4) is 0 Å². The Balaban J connectivity index is 2.19. The first-order chi connectivity index (χ1) is 7.27. The summed E-state index contributed by atoms with van der Waals surface area (Å²) in [5.74, 6) is 1.43. The molecule has 0 spiro atoms. The average molecular weight is 198 g/mol. The van der Waals surface area contributed by atoms with Gasteiger partial charge in [0, 0.05) is 0 Å². The van der Waals surface area contributed by atoms with Crippen LogP contribution in [0.25, 0.3) is 5.57 Å². The molecule has 1 aliphatic carbocycles. The van der Waals surface area contributed by atoms with Gasteiger partial charge in [0.05, 0.1) is 0 Å². The van der Waals surface area contributed by atoms with Gasteiger partial charge in [-0.25, -0.2) is 0 Å². The van der Waals surface area contributed by atoms with E-state index in [1.54, 1.807) is 0 Å². The Bertz CT molecular complexity index is 368. The Hall–Kier alpha value is -1.30. The molecule has 0 heteroatoms. The quantitative estimate of drug-likeness (QED) is 0.664. The second-order valence-corrected chi connectivity index (χ2v) is 4.55. The van der Waals surface area contributed by atoms with E-state index in [-0.39, 0.29) is 0 Å². The first kappa shape index (κ1) is 10.2. The summed E-state index contributed by atoms with van der Waals surface area (Å²) in [6.07, 6.45) is 7.96. The summed E-state index contributed by atoms with van der Waals surface area (Å²) in [5.41, 5.74) is 2.84. The minimum absolute atomic E-state index is 0.699. The van der Waals surface area contributed by atoms with Crippen LogP contribution in [0.4, 0.5) is 0 Å². The third kappa shape index (κ3) is 2.38. The lowest BCUT2D eigenvalue weighted by molar-refractivity contribution is 0.473. The van der Waals surface area contributed by atoms with E-state index < -0.39 is 0 Å². The van der Waals surface area contributed by atoms with E-state index in [0.29, 0.717) is 5.92 Å². The molecule has 1 unspecified atom stereocenters. The van der Waals surface area contributed by atoms with Gasteiger partial charge < -0.3 is 0 Å². The van der Waals surface area contributed by atoms with Crippen LogP contribution in [0.15, 0.2) is 48.6 Å². The molecule has 0 heterocycles. The van der Waals surface area contributed by atoms with Crippen LogP contribution in [0.1, 0.15) is 25.8 Å². The lowest BCUT2D eigenvalue weighted by atomic mass is 9.83. The molecule has 0 saturated carbocycles. The fourth-order valence-corrected chi connectivity index (χ4v) is 2.03. The molecule has 78 valence electrons. The van der Waals surface area contributed by atoms with Crippen LogP contribution >= 0.6 is 0 Å². The molecule has 0 N–H and O–H groups in total. The minimum atomic E-state index is 0.699. The van der Waals surface area contributed by atoms with Gasteiger partial charge in [0.1, 0.15) is 0 Å². The predicted molar refractivity (Wildman–Crippen MR) is 66.5 cm³/mol. The Labute approximate surface area is 92.3 Å². The summed E-state index contributed by atoms with van der Waals surface area (Å²) >= 11 is 0. The molecule has 0 fully saturated rings. The first-order valence-corrected chi connectivity index (χ1v) is 5.70. The zero-order valence-electron chi connectivity index (χ0n) is 9.48. The summed E-state index contributed by atoms with van der Waals surface area (Å²) in [6, 6.07) is 10.7. The van der Waals surface area contributed by atoms with Crippen molar-refractivity contribution in [2.24, 2.45) is 11.8 Å². The maximum atomic E-state index is 2.33. The summed E-state index contributed by atoms with van der Waals surface area (Å²) in [6.45, 7) is 4.59. The smallest absolute Gasteiger partial charge is 0.0167 e. The van der Waals surface area contributed by atoms with Crippen LogP contribution in [0.5, 0.6) is 0 Å². The van der Waals surface area contributed by atoms with E-state index in [1.165, 1.54) is 17.6 Å². The van der Waals surface area contributed by atoms with Gasteiger partial charge >= 0.3 is 0 Å². The van der Waals surface area contributed by atoms with Gasteiger partial charge in [-0.15, -0.1) is 0 Å². The molecule has 1 atom stereocenters. The molecule has 0 bridgehead atoms. The van der Waals surface area contributed by atoms with E-state index >= 15 is 0 Å². The minimum Gasteiger partial charge on any atom is -0.0808 e. The Morgan fingerprint density at radius 1 is 1.13 bits per heavy atom. The number of rotatable bonds is 2. The van der Waals surface area contributed by atoms with Crippen molar-refractivity contribution in [2.45, 2.75) is 20.3 Å². The molecule has 0 radical (unpaired) electrons. The van der Waals surface area contributed by atoms with Crippen molar-refractivity contribution in [3.63, 3.8) is 0 Å². The van der Waals surface area contributed by atoms with Gasteiger partial charge in [0.25, 0.3) is 0 Å². The molecule has 0 aromatic heterocycles. The van der Waals surface area contributed by atoms with E-state index in [0.717, 1.165) is 5.92 Å². The van der Waals surface area contributed by atoms with Crippen LogP contribution in [0, 0.1) is 11.8 Å². The van der Waals surface area contributed by atoms with Crippen LogP contribution in [0.3, 0.4) is 0 Å². The van der Waals surface area contributed by atoms with Crippen molar-refractivity contribution in [1.82, 2.24) is 0 Å². The number of benzene rings is 1. The fraction of sp³-hybridized carbons (Fsp3) is 0.333. The Morgan fingerprint density at radius 3 is 2.53 bits per heavy atom. The predicted octanol–water partition coefficient (Wildman–Crippen LogP) is 4.30. The van der Waals surface area contributed by atoms with Crippen molar-refractivity contribution in [1.29, 1.82) is 0 Å². The van der Waals surface area contributed by atoms with Crippen molar-refractivity contribution >= 4 is 5.57 Å². The topological polar surface area (TPSA) is 0 Å². The van der Waals surface area contributed by atoms with Crippen LogP contribution in [-0.2, 0) is 0 Å². The van der Waals surface area contributed by atoms with Crippen LogP contribution < -0.4 is 0 Å². The molecule has 1 aliphatic rings.